The van der Waals surface area contributed by atoms with Gasteiger partial charge in [0.1, 0.15) is 0 Å². The number of hydrogen-bond donors (Lipinski definition) is 0. The molecule has 28 heavy (non-hydrogen) atoms. The number of carbonyl (C=O) groups excluding carboxylic acids is 2. The molecule has 0 spiro atoms. The molecule has 0 N–H and O–H groups in total. The van der Waals surface area contributed by atoms with E-state index >= 15 is 0 Å². The Morgan fingerprint density at radius 1 is 0.821 bits per heavy atom. The van der Waals surface area contributed by atoms with Gasteiger partial charge in [-0.25, -0.2) is 0 Å². The van der Waals surface area contributed by atoms with Crippen molar-refractivity contribution in [2.45, 2.75) is 52.0 Å². The number of aryl methyl sites for hydroxylation is 2. The third-order valence-electron chi connectivity index (χ3n) is 6.66. The Morgan fingerprint density at radius 3 is 2.25 bits per heavy atom. The van der Waals surface area contributed by atoms with Crippen LogP contribution in [0.25, 0.3) is 0 Å². The van der Waals surface area contributed by atoms with Crippen molar-refractivity contribution in [3.8, 4) is 0 Å². The van der Waals surface area contributed by atoms with Gasteiger partial charge in [-0.15, -0.1) is 0 Å². The van der Waals surface area contributed by atoms with E-state index in [0.717, 1.165) is 55.6 Å². The fourth-order valence-corrected chi connectivity index (χ4v) is 5.25. The summed E-state index contributed by atoms with van der Waals surface area (Å²) in [5.41, 5.74) is 2.97. The van der Waals surface area contributed by atoms with Crippen LogP contribution in [0.4, 0.5) is 0 Å². The van der Waals surface area contributed by atoms with Crippen molar-refractivity contribution >= 4 is 11.8 Å². The molecule has 3 heterocycles. The number of hydrogen-bond acceptors (Lipinski definition) is 3. The maximum atomic E-state index is 13.1. The van der Waals surface area contributed by atoms with Crippen LogP contribution >= 0.6 is 0 Å². The molecule has 0 aromatic heterocycles. The van der Waals surface area contributed by atoms with Crippen LogP contribution in [0.1, 0.15) is 53.6 Å². The van der Waals surface area contributed by atoms with Crippen molar-refractivity contribution < 1.29 is 9.59 Å². The quantitative estimate of drug-likeness (QED) is 0.806. The Balaban J connectivity index is 1.38. The van der Waals surface area contributed by atoms with Gasteiger partial charge < -0.3 is 9.80 Å². The molecule has 5 heteroatoms. The van der Waals surface area contributed by atoms with Gasteiger partial charge in [0.2, 0.25) is 5.91 Å². The number of nitrogens with zero attached hydrogens (tertiary/aromatic N) is 3. The first kappa shape index (κ1) is 19.4. The zero-order valence-corrected chi connectivity index (χ0v) is 17.3. The fraction of sp³-hybridized carbons (Fsp3) is 0.652. The second-order valence-electron chi connectivity index (χ2n) is 8.94. The molecule has 3 fully saturated rings. The third-order valence-corrected chi connectivity index (χ3v) is 6.66. The molecule has 4 rings (SSSR count). The van der Waals surface area contributed by atoms with Crippen molar-refractivity contribution in [2.75, 3.05) is 39.3 Å². The fourth-order valence-electron chi connectivity index (χ4n) is 5.25. The summed E-state index contributed by atoms with van der Waals surface area (Å²) >= 11 is 0. The molecule has 1 aromatic rings. The largest absolute Gasteiger partial charge is 0.341 e. The molecule has 5 nitrogen and oxygen atoms in total. The number of amides is 2. The minimum Gasteiger partial charge on any atom is -0.341 e. The second-order valence-corrected chi connectivity index (χ2v) is 8.94. The van der Waals surface area contributed by atoms with E-state index in [0.29, 0.717) is 12.6 Å². The number of rotatable bonds is 3. The average Bonchev–Trinajstić information content (AvgIpc) is 3.37. The molecule has 0 bridgehead atoms. The molecular formula is C23H33N3O2. The molecule has 2 amide bonds. The highest BCUT2D eigenvalue weighted by Gasteiger charge is 2.36. The van der Waals surface area contributed by atoms with Crippen molar-refractivity contribution in [3.63, 3.8) is 0 Å². The molecule has 3 aliphatic rings. The molecule has 0 radical (unpaired) electrons. The normalized spacial score (nSPS) is 26.1. The van der Waals surface area contributed by atoms with E-state index in [-0.39, 0.29) is 17.7 Å². The molecular weight excluding hydrogens is 350 g/mol. The van der Waals surface area contributed by atoms with Crippen LogP contribution in [-0.2, 0) is 4.79 Å². The minimum absolute atomic E-state index is 0.0408. The van der Waals surface area contributed by atoms with Gasteiger partial charge in [0, 0.05) is 37.8 Å². The summed E-state index contributed by atoms with van der Waals surface area (Å²) in [5.74, 6) is 0.293. The second kappa shape index (κ2) is 8.24. The van der Waals surface area contributed by atoms with E-state index in [1.54, 1.807) is 0 Å². The van der Waals surface area contributed by atoms with Crippen molar-refractivity contribution in [1.29, 1.82) is 0 Å². The zero-order chi connectivity index (χ0) is 19.7. The standard InChI is InChI=1S/C23H33N3O2/c1-17-12-18(2)14-20(13-17)23(28)25-10-5-6-19(15-25)22(27)26-11-7-21(16-26)24-8-3-4-9-24/h12-14,19,21H,3-11,15-16H2,1-2H3. The van der Waals surface area contributed by atoms with Crippen LogP contribution in [0.3, 0.4) is 0 Å². The molecule has 1 aromatic carbocycles. The molecule has 3 aliphatic heterocycles. The van der Waals surface area contributed by atoms with Gasteiger partial charge in [0.15, 0.2) is 0 Å². The van der Waals surface area contributed by atoms with E-state index in [1.165, 1.54) is 25.9 Å². The van der Waals surface area contributed by atoms with Crippen molar-refractivity contribution in [1.82, 2.24) is 14.7 Å². The Bertz CT molecular complexity index is 721. The maximum Gasteiger partial charge on any atom is 0.253 e. The van der Waals surface area contributed by atoms with E-state index in [4.69, 9.17) is 0 Å². The number of carbonyl (C=O) groups is 2. The lowest BCUT2D eigenvalue weighted by Crippen LogP contribution is -2.47. The average molecular weight is 384 g/mol. The highest BCUT2D eigenvalue weighted by atomic mass is 16.2. The molecule has 0 aliphatic carbocycles. The van der Waals surface area contributed by atoms with Crippen LogP contribution < -0.4 is 0 Å². The van der Waals surface area contributed by atoms with Crippen molar-refractivity contribution in [2.24, 2.45) is 5.92 Å². The highest BCUT2D eigenvalue weighted by molar-refractivity contribution is 5.95. The maximum absolute atomic E-state index is 13.1. The van der Waals surface area contributed by atoms with Gasteiger partial charge >= 0.3 is 0 Å². The summed E-state index contributed by atoms with van der Waals surface area (Å²) in [6, 6.07) is 6.55. The summed E-state index contributed by atoms with van der Waals surface area (Å²) in [6.45, 7) is 9.50. The van der Waals surface area contributed by atoms with Gasteiger partial charge in [-0.2, -0.15) is 0 Å². The van der Waals surface area contributed by atoms with E-state index in [2.05, 4.69) is 15.9 Å². The van der Waals surface area contributed by atoms with E-state index < -0.39 is 0 Å². The first-order valence-electron chi connectivity index (χ1n) is 10.9. The van der Waals surface area contributed by atoms with E-state index in [9.17, 15) is 9.59 Å². The summed E-state index contributed by atoms with van der Waals surface area (Å²) in [7, 11) is 0. The number of likely N-dealkylation sites (tertiary alicyclic amines) is 3. The van der Waals surface area contributed by atoms with Gasteiger partial charge in [-0.1, -0.05) is 17.2 Å². The summed E-state index contributed by atoms with van der Waals surface area (Å²) in [6.07, 6.45) is 5.51. The molecule has 2 unspecified atom stereocenters. The van der Waals surface area contributed by atoms with Gasteiger partial charge in [-0.3, -0.25) is 14.5 Å². The predicted molar refractivity (Wildman–Crippen MR) is 110 cm³/mol. The minimum atomic E-state index is -0.0408. The van der Waals surface area contributed by atoms with Gasteiger partial charge in [0.05, 0.1) is 5.92 Å². The first-order valence-corrected chi connectivity index (χ1v) is 10.9. The highest BCUT2D eigenvalue weighted by Crippen LogP contribution is 2.26. The lowest BCUT2D eigenvalue weighted by atomic mass is 9.95. The van der Waals surface area contributed by atoms with Gasteiger partial charge in [0.25, 0.3) is 5.91 Å². The Labute approximate surface area is 168 Å². The molecule has 0 saturated carbocycles. The van der Waals surface area contributed by atoms with Crippen LogP contribution in [0.5, 0.6) is 0 Å². The van der Waals surface area contributed by atoms with Crippen LogP contribution in [0.2, 0.25) is 0 Å². The lowest BCUT2D eigenvalue weighted by Gasteiger charge is -2.34. The number of benzene rings is 1. The Hall–Kier alpha value is -1.88. The summed E-state index contributed by atoms with van der Waals surface area (Å²) in [5, 5.41) is 0. The Morgan fingerprint density at radius 2 is 1.54 bits per heavy atom. The van der Waals surface area contributed by atoms with Crippen LogP contribution in [-0.4, -0.2) is 71.8 Å². The third kappa shape index (κ3) is 4.09. The number of piperidine rings is 1. The Kier molecular flexibility index (Phi) is 5.72. The smallest absolute Gasteiger partial charge is 0.253 e. The topological polar surface area (TPSA) is 43.9 Å². The zero-order valence-electron chi connectivity index (χ0n) is 17.3. The molecule has 3 saturated heterocycles. The monoisotopic (exact) mass is 383 g/mol. The van der Waals surface area contributed by atoms with Crippen LogP contribution in [0, 0.1) is 19.8 Å². The first-order chi connectivity index (χ1) is 13.5. The van der Waals surface area contributed by atoms with Crippen molar-refractivity contribution in [3.05, 3.63) is 34.9 Å². The lowest BCUT2D eigenvalue weighted by molar-refractivity contribution is -0.136. The summed E-state index contributed by atoms with van der Waals surface area (Å²) < 4.78 is 0. The SMILES string of the molecule is Cc1cc(C)cc(C(=O)N2CCCC(C(=O)N3CCC(N4CCCC4)C3)C2)c1. The summed E-state index contributed by atoms with van der Waals surface area (Å²) in [4.78, 5) is 32.7. The molecule has 2 atom stereocenters. The van der Waals surface area contributed by atoms with Gasteiger partial charge in [-0.05, 0) is 71.2 Å². The molecule has 152 valence electrons. The van der Waals surface area contributed by atoms with E-state index in [1.807, 2.05) is 30.9 Å². The predicted octanol–water partition coefficient (Wildman–Crippen LogP) is 2.85. The van der Waals surface area contributed by atoms with Crippen LogP contribution in [0.15, 0.2) is 18.2 Å².